The number of hydrogen-bond acceptors (Lipinski definition) is 6. The summed E-state index contributed by atoms with van der Waals surface area (Å²) in [5.74, 6) is -1.61. The summed E-state index contributed by atoms with van der Waals surface area (Å²) in [6, 6.07) is 17.1. The van der Waals surface area contributed by atoms with Gasteiger partial charge in [-0.2, -0.15) is 0 Å². The summed E-state index contributed by atoms with van der Waals surface area (Å²) in [5, 5.41) is 14.4. The Labute approximate surface area is 207 Å². The maximum atomic E-state index is 12.3. The molecule has 0 spiro atoms. The lowest BCUT2D eigenvalue weighted by atomic mass is 10.0. The zero-order chi connectivity index (χ0) is 25.9. The van der Waals surface area contributed by atoms with Crippen molar-refractivity contribution in [3.8, 4) is 11.5 Å². The van der Waals surface area contributed by atoms with E-state index in [1.807, 2.05) is 30.3 Å². The van der Waals surface area contributed by atoms with Crippen LogP contribution in [0.15, 0.2) is 65.1 Å². The number of ether oxygens (including phenoxy) is 2. The Morgan fingerprint density at radius 2 is 1.75 bits per heavy atom. The average molecular weight is 513 g/mol. The quantitative estimate of drug-likeness (QED) is 0.216. The monoisotopic (exact) mass is 513 g/mol. The highest BCUT2D eigenvalue weighted by atomic mass is 31.2. The van der Waals surface area contributed by atoms with Gasteiger partial charge in [0, 0.05) is 10.8 Å². The highest BCUT2D eigenvalue weighted by molar-refractivity contribution is 7.52. The number of aliphatic carboxylic acids is 1. The number of nitrogens with one attached hydrogen (secondary N) is 1. The van der Waals surface area contributed by atoms with Gasteiger partial charge in [0.05, 0.1) is 14.2 Å². The van der Waals surface area contributed by atoms with E-state index in [0.717, 1.165) is 16.4 Å². The Balaban J connectivity index is 1.54. The third-order valence-corrected chi connectivity index (χ3v) is 7.37. The van der Waals surface area contributed by atoms with Crippen LogP contribution < -0.4 is 14.8 Å². The van der Waals surface area contributed by atoms with Crippen LogP contribution in [0.1, 0.15) is 17.5 Å². The van der Waals surface area contributed by atoms with E-state index in [2.05, 4.69) is 5.32 Å². The molecular formula is C26H28NO8P. The molecule has 0 aliphatic carbocycles. The van der Waals surface area contributed by atoms with Crippen molar-refractivity contribution in [3.63, 3.8) is 0 Å². The van der Waals surface area contributed by atoms with Crippen LogP contribution in [-0.2, 0) is 22.2 Å². The minimum absolute atomic E-state index is 0.0137. The van der Waals surface area contributed by atoms with Gasteiger partial charge in [0.2, 0.25) is 0 Å². The van der Waals surface area contributed by atoms with Gasteiger partial charge in [-0.3, -0.25) is 14.7 Å². The minimum Gasteiger partial charge on any atom is -0.493 e. The van der Waals surface area contributed by atoms with Gasteiger partial charge in [0.1, 0.15) is 23.0 Å². The number of carboxylic acid groups (broad SMARTS) is 1. The third-order valence-electron chi connectivity index (χ3n) is 6.15. The summed E-state index contributed by atoms with van der Waals surface area (Å²) in [6.45, 7) is 0. The number of carbonyl (C=O) groups is 1. The van der Waals surface area contributed by atoms with Gasteiger partial charge < -0.3 is 28.8 Å². The number of rotatable bonds is 11. The molecule has 1 aromatic heterocycles. The smallest absolute Gasteiger partial charge is 0.342 e. The lowest BCUT2D eigenvalue weighted by Gasteiger charge is -2.24. The average Bonchev–Trinajstić information content (AvgIpc) is 3.22. The molecule has 4 aromatic rings. The first kappa shape index (κ1) is 25.7. The van der Waals surface area contributed by atoms with Crippen LogP contribution in [0.5, 0.6) is 11.5 Å². The second-order valence-corrected chi connectivity index (χ2v) is 10.3. The molecule has 0 fully saturated rings. The topological polar surface area (TPSA) is 138 Å². The number of aryl methyl sites for hydroxylation is 1. The molecule has 0 saturated carbocycles. The highest BCUT2D eigenvalue weighted by Crippen LogP contribution is 2.43. The van der Waals surface area contributed by atoms with Crippen LogP contribution in [0.3, 0.4) is 0 Å². The van der Waals surface area contributed by atoms with Crippen LogP contribution in [0, 0.1) is 0 Å². The number of fused-ring (bicyclic) bond motifs is 3. The maximum absolute atomic E-state index is 12.3. The van der Waals surface area contributed by atoms with Gasteiger partial charge in [-0.15, -0.1) is 0 Å². The molecule has 0 amide bonds. The lowest BCUT2D eigenvalue weighted by Crippen LogP contribution is -2.44. The molecule has 2 atom stereocenters. The maximum Gasteiger partial charge on any atom is 0.342 e. The predicted octanol–water partition coefficient (Wildman–Crippen LogP) is 4.33. The van der Waals surface area contributed by atoms with E-state index in [-0.39, 0.29) is 19.3 Å². The normalized spacial score (nSPS) is 13.6. The Morgan fingerprint density at radius 3 is 2.44 bits per heavy atom. The third kappa shape index (κ3) is 5.55. The molecule has 0 aliphatic rings. The van der Waals surface area contributed by atoms with E-state index in [1.165, 1.54) is 14.2 Å². The van der Waals surface area contributed by atoms with Crippen molar-refractivity contribution in [2.45, 2.75) is 31.1 Å². The summed E-state index contributed by atoms with van der Waals surface area (Å²) in [7, 11) is -1.69. The Bertz CT molecular complexity index is 1430. The summed E-state index contributed by atoms with van der Waals surface area (Å²) in [6.07, 6.45) is 0.238. The molecule has 1 unspecified atom stereocenters. The number of hydrogen-bond donors (Lipinski definition) is 4. The summed E-state index contributed by atoms with van der Waals surface area (Å²) in [5.41, 5.74) is 2.71. The number of para-hydroxylation sites is 2. The van der Waals surface area contributed by atoms with Crippen molar-refractivity contribution in [3.05, 3.63) is 71.8 Å². The molecule has 9 nitrogen and oxygen atoms in total. The molecule has 0 bridgehead atoms. The van der Waals surface area contributed by atoms with E-state index in [0.29, 0.717) is 28.2 Å². The van der Waals surface area contributed by atoms with Crippen LogP contribution in [-0.4, -0.2) is 46.9 Å². The second-order valence-electron chi connectivity index (χ2n) is 8.49. The first-order valence-electron chi connectivity index (χ1n) is 11.4. The fraction of sp³-hybridized carbons (Fsp3) is 0.269. The van der Waals surface area contributed by atoms with E-state index in [4.69, 9.17) is 13.9 Å². The predicted molar refractivity (Wildman–Crippen MR) is 136 cm³/mol. The van der Waals surface area contributed by atoms with Gasteiger partial charge >= 0.3 is 13.6 Å². The highest BCUT2D eigenvalue weighted by Gasteiger charge is 2.33. The van der Waals surface area contributed by atoms with Crippen LogP contribution in [0.2, 0.25) is 0 Å². The first-order valence-corrected chi connectivity index (χ1v) is 13.0. The van der Waals surface area contributed by atoms with Crippen molar-refractivity contribution in [1.82, 2.24) is 5.32 Å². The number of furan rings is 1. The molecule has 1 heterocycles. The SMILES string of the molecule is COc1cccc(CCC(N[C@@H](Cc2ccc3c(c2)oc2ccccc23)C(=O)O)P(=O)(O)O)c1OC. The summed E-state index contributed by atoms with van der Waals surface area (Å²) >= 11 is 0. The number of methoxy groups -OCH3 is 2. The van der Waals surface area contributed by atoms with Gasteiger partial charge in [0.25, 0.3) is 0 Å². The molecule has 3 aromatic carbocycles. The number of carboxylic acids is 1. The van der Waals surface area contributed by atoms with Crippen LogP contribution >= 0.6 is 7.60 Å². The van der Waals surface area contributed by atoms with Crippen molar-refractivity contribution in [1.29, 1.82) is 0 Å². The van der Waals surface area contributed by atoms with Crippen molar-refractivity contribution < 1.29 is 38.1 Å². The molecule has 0 saturated heterocycles. The Hall–Kier alpha value is -3.36. The van der Waals surface area contributed by atoms with E-state index in [9.17, 15) is 24.3 Å². The Kier molecular flexibility index (Phi) is 7.66. The van der Waals surface area contributed by atoms with E-state index in [1.54, 1.807) is 30.3 Å². The molecule has 0 radical (unpaired) electrons. The molecule has 0 aliphatic heterocycles. The van der Waals surface area contributed by atoms with Gasteiger partial charge in [-0.25, -0.2) is 0 Å². The van der Waals surface area contributed by atoms with E-state index >= 15 is 0 Å². The molecule has 10 heteroatoms. The zero-order valence-corrected chi connectivity index (χ0v) is 20.8. The van der Waals surface area contributed by atoms with Crippen molar-refractivity contribution in [2.24, 2.45) is 0 Å². The summed E-state index contributed by atoms with van der Waals surface area (Å²) in [4.78, 5) is 32.0. The standard InChI is InChI=1S/C26H28NO8P/c1-33-22-9-5-6-17(25(22)34-2)11-13-24(36(30,31)32)27-20(26(28)29)14-16-10-12-19-18-7-3-4-8-21(18)35-23(19)15-16/h3-10,12,15,20,24,27H,11,13-14H2,1-2H3,(H,28,29)(H2,30,31,32)/t20-,24?/m0/s1. The van der Waals surface area contributed by atoms with Gasteiger partial charge in [0.15, 0.2) is 11.5 Å². The fourth-order valence-corrected chi connectivity index (χ4v) is 5.21. The van der Waals surface area contributed by atoms with Gasteiger partial charge in [-0.1, -0.05) is 42.5 Å². The molecule has 4 N–H and O–H groups in total. The largest absolute Gasteiger partial charge is 0.493 e. The van der Waals surface area contributed by atoms with Crippen LogP contribution in [0.25, 0.3) is 21.9 Å². The van der Waals surface area contributed by atoms with E-state index < -0.39 is 25.4 Å². The fourth-order valence-electron chi connectivity index (χ4n) is 4.37. The minimum atomic E-state index is -4.68. The summed E-state index contributed by atoms with van der Waals surface area (Å²) < 4.78 is 28.8. The number of benzene rings is 3. The molecule has 36 heavy (non-hydrogen) atoms. The van der Waals surface area contributed by atoms with Crippen molar-refractivity contribution >= 4 is 35.5 Å². The molecule has 190 valence electrons. The first-order chi connectivity index (χ1) is 17.2. The van der Waals surface area contributed by atoms with Gasteiger partial charge in [-0.05, 0) is 48.6 Å². The lowest BCUT2D eigenvalue weighted by molar-refractivity contribution is -0.139. The molecular weight excluding hydrogens is 485 g/mol. The van der Waals surface area contributed by atoms with Crippen LogP contribution in [0.4, 0.5) is 0 Å². The molecule has 4 rings (SSSR count). The Morgan fingerprint density at radius 1 is 1.00 bits per heavy atom. The zero-order valence-electron chi connectivity index (χ0n) is 19.9. The van der Waals surface area contributed by atoms with Crippen molar-refractivity contribution in [2.75, 3.05) is 14.2 Å². The second kappa shape index (κ2) is 10.7.